The van der Waals surface area contributed by atoms with Crippen LogP contribution in [0.25, 0.3) is 0 Å². The van der Waals surface area contributed by atoms with Gasteiger partial charge in [0.25, 0.3) is 0 Å². The molecular formula is C12H17ClFNO2S. The molecule has 0 radical (unpaired) electrons. The molecule has 0 aromatic heterocycles. The van der Waals surface area contributed by atoms with Crippen molar-refractivity contribution < 1.29 is 12.8 Å². The molecule has 0 heterocycles. The lowest BCUT2D eigenvalue weighted by molar-refractivity contribution is 0.533. The topological polar surface area (TPSA) is 46.2 Å². The van der Waals surface area contributed by atoms with E-state index in [0.29, 0.717) is 11.1 Å². The molecule has 0 saturated heterocycles. The molecule has 102 valence electrons. The number of nitrogens with one attached hydrogen (secondary N) is 1. The first-order valence-electron chi connectivity index (χ1n) is 5.50. The lowest BCUT2D eigenvalue weighted by atomic mass is 10.0. The van der Waals surface area contributed by atoms with E-state index < -0.39 is 26.9 Å². The van der Waals surface area contributed by atoms with Crippen molar-refractivity contribution in [2.45, 2.75) is 25.1 Å². The molecule has 0 aliphatic heterocycles. The summed E-state index contributed by atoms with van der Waals surface area (Å²) >= 11 is 5.99. The van der Waals surface area contributed by atoms with Gasteiger partial charge in [-0.05, 0) is 38.1 Å². The summed E-state index contributed by atoms with van der Waals surface area (Å²) in [5.41, 5.74) is 1.03. The summed E-state index contributed by atoms with van der Waals surface area (Å²) in [4.78, 5) is 0. The van der Waals surface area contributed by atoms with Crippen LogP contribution < -0.4 is 5.32 Å². The molecular weight excluding hydrogens is 277 g/mol. The normalized spacial score (nSPS) is 15.4. The average Bonchev–Trinajstić information content (AvgIpc) is 2.24. The van der Waals surface area contributed by atoms with E-state index in [2.05, 4.69) is 5.32 Å². The van der Waals surface area contributed by atoms with E-state index in [4.69, 9.17) is 11.6 Å². The lowest BCUT2D eigenvalue weighted by Crippen LogP contribution is -2.33. The van der Waals surface area contributed by atoms with Gasteiger partial charge in [0.1, 0.15) is 5.82 Å². The van der Waals surface area contributed by atoms with Gasteiger partial charge in [0.05, 0.1) is 5.25 Å². The van der Waals surface area contributed by atoms with Crippen LogP contribution >= 0.6 is 11.6 Å². The lowest BCUT2D eigenvalue weighted by Gasteiger charge is -2.24. The average molecular weight is 294 g/mol. The maximum atomic E-state index is 13.3. The summed E-state index contributed by atoms with van der Waals surface area (Å²) < 4.78 is 36.6. The van der Waals surface area contributed by atoms with Crippen molar-refractivity contribution in [3.05, 3.63) is 34.1 Å². The minimum absolute atomic E-state index is 0.230. The molecule has 0 saturated carbocycles. The highest BCUT2D eigenvalue weighted by molar-refractivity contribution is 7.91. The van der Waals surface area contributed by atoms with Gasteiger partial charge in [0, 0.05) is 17.3 Å². The molecule has 1 aromatic rings. The van der Waals surface area contributed by atoms with Gasteiger partial charge in [-0.3, -0.25) is 0 Å². The molecule has 6 heteroatoms. The number of sulfone groups is 1. The Labute approximate surface area is 112 Å². The molecule has 0 bridgehead atoms. The maximum Gasteiger partial charge on any atom is 0.151 e. The molecule has 0 amide bonds. The Morgan fingerprint density at radius 3 is 2.39 bits per heavy atom. The zero-order valence-electron chi connectivity index (χ0n) is 10.8. The van der Waals surface area contributed by atoms with Gasteiger partial charge >= 0.3 is 0 Å². The van der Waals surface area contributed by atoms with Crippen LogP contribution in [-0.4, -0.2) is 27.0 Å². The third-order valence-electron chi connectivity index (χ3n) is 3.07. The monoisotopic (exact) mass is 293 g/mol. The third kappa shape index (κ3) is 3.22. The Morgan fingerprint density at radius 1 is 1.39 bits per heavy atom. The maximum absolute atomic E-state index is 13.3. The van der Waals surface area contributed by atoms with Crippen LogP contribution in [-0.2, 0) is 9.84 Å². The Balaban J connectivity index is 3.30. The van der Waals surface area contributed by atoms with Crippen molar-refractivity contribution in [3.63, 3.8) is 0 Å². The highest BCUT2D eigenvalue weighted by atomic mass is 35.5. The van der Waals surface area contributed by atoms with Gasteiger partial charge in [-0.2, -0.15) is 0 Å². The quantitative estimate of drug-likeness (QED) is 0.928. The smallest absolute Gasteiger partial charge is 0.151 e. The summed E-state index contributed by atoms with van der Waals surface area (Å²) in [6.07, 6.45) is 1.17. The fraction of sp³-hybridized carbons (Fsp3) is 0.500. The molecule has 3 nitrogen and oxygen atoms in total. The van der Waals surface area contributed by atoms with E-state index in [0.717, 1.165) is 0 Å². The standard InChI is InChI=1S/C12H17ClFNO2S/c1-7-5-9(10(13)6-11(7)14)12(15-3)8(2)18(4,16)17/h5-6,8,12,15H,1-4H3. The highest BCUT2D eigenvalue weighted by Crippen LogP contribution is 2.30. The minimum atomic E-state index is -3.22. The van der Waals surface area contributed by atoms with Crippen LogP contribution in [0.5, 0.6) is 0 Å². The fourth-order valence-corrected chi connectivity index (χ4v) is 2.85. The number of benzene rings is 1. The summed E-state index contributed by atoms with van der Waals surface area (Å²) in [6.45, 7) is 3.22. The van der Waals surface area contributed by atoms with Crippen LogP contribution in [0.4, 0.5) is 4.39 Å². The largest absolute Gasteiger partial charge is 0.312 e. The number of rotatable bonds is 4. The van der Waals surface area contributed by atoms with E-state index in [9.17, 15) is 12.8 Å². The first kappa shape index (κ1) is 15.4. The Kier molecular flexibility index (Phi) is 4.75. The van der Waals surface area contributed by atoms with Gasteiger partial charge < -0.3 is 5.32 Å². The molecule has 2 atom stereocenters. The molecule has 18 heavy (non-hydrogen) atoms. The fourth-order valence-electron chi connectivity index (χ4n) is 1.81. The molecule has 0 aliphatic carbocycles. The van der Waals surface area contributed by atoms with Crippen molar-refractivity contribution in [2.24, 2.45) is 0 Å². The zero-order valence-corrected chi connectivity index (χ0v) is 12.4. The molecule has 0 aliphatic rings. The van der Waals surface area contributed by atoms with Crippen molar-refractivity contribution in [2.75, 3.05) is 13.3 Å². The molecule has 1 rings (SSSR count). The third-order valence-corrected chi connectivity index (χ3v) is 5.02. The Morgan fingerprint density at radius 2 is 1.94 bits per heavy atom. The first-order valence-corrected chi connectivity index (χ1v) is 7.83. The van der Waals surface area contributed by atoms with Crippen molar-refractivity contribution in [3.8, 4) is 0 Å². The summed E-state index contributed by atoms with van der Waals surface area (Å²) in [6, 6.07) is 2.33. The van der Waals surface area contributed by atoms with Gasteiger partial charge in [0.2, 0.25) is 0 Å². The SMILES string of the molecule is CNC(c1cc(C)c(F)cc1Cl)C(C)S(C)(=O)=O. The second-order valence-electron chi connectivity index (χ2n) is 4.42. The van der Waals surface area contributed by atoms with Crippen LogP contribution in [0.2, 0.25) is 5.02 Å². The van der Waals surface area contributed by atoms with Crippen molar-refractivity contribution >= 4 is 21.4 Å². The van der Waals surface area contributed by atoms with E-state index in [-0.39, 0.29) is 5.02 Å². The molecule has 0 spiro atoms. The van der Waals surface area contributed by atoms with Crippen molar-refractivity contribution in [1.82, 2.24) is 5.32 Å². The number of halogens is 2. The Hall–Kier alpha value is -0.650. The second kappa shape index (κ2) is 5.55. The molecule has 0 fully saturated rings. The molecule has 1 aromatic carbocycles. The predicted molar refractivity (Wildman–Crippen MR) is 72.3 cm³/mol. The van der Waals surface area contributed by atoms with Crippen LogP contribution in [0, 0.1) is 12.7 Å². The number of hydrogen-bond donors (Lipinski definition) is 1. The number of aryl methyl sites for hydroxylation is 1. The van der Waals surface area contributed by atoms with E-state index in [1.807, 2.05) is 0 Å². The zero-order chi connectivity index (χ0) is 14.1. The second-order valence-corrected chi connectivity index (χ2v) is 7.23. The van der Waals surface area contributed by atoms with E-state index in [1.165, 1.54) is 12.3 Å². The first-order chi connectivity index (χ1) is 8.18. The van der Waals surface area contributed by atoms with Crippen LogP contribution in [0.3, 0.4) is 0 Å². The van der Waals surface area contributed by atoms with E-state index >= 15 is 0 Å². The van der Waals surface area contributed by atoms with Crippen LogP contribution in [0.1, 0.15) is 24.1 Å². The molecule has 1 N–H and O–H groups in total. The van der Waals surface area contributed by atoms with E-state index in [1.54, 1.807) is 27.0 Å². The highest BCUT2D eigenvalue weighted by Gasteiger charge is 2.28. The van der Waals surface area contributed by atoms with Crippen molar-refractivity contribution in [1.29, 1.82) is 0 Å². The molecule has 2 unspecified atom stereocenters. The number of hydrogen-bond acceptors (Lipinski definition) is 3. The predicted octanol–water partition coefficient (Wildman–Crippen LogP) is 2.48. The van der Waals surface area contributed by atoms with Crippen LogP contribution in [0.15, 0.2) is 12.1 Å². The summed E-state index contributed by atoms with van der Waals surface area (Å²) in [7, 11) is -1.56. The van der Waals surface area contributed by atoms with Gasteiger partial charge in [-0.15, -0.1) is 0 Å². The van der Waals surface area contributed by atoms with Gasteiger partial charge in [-0.25, -0.2) is 12.8 Å². The minimum Gasteiger partial charge on any atom is -0.312 e. The summed E-state index contributed by atoms with van der Waals surface area (Å²) in [5.74, 6) is -0.398. The van der Waals surface area contributed by atoms with Gasteiger partial charge in [-0.1, -0.05) is 17.7 Å². The summed E-state index contributed by atoms with van der Waals surface area (Å²) in [5, 5.41) is 2.51. The van der Waals surface area contributed by atoms with Gasteiger partial charge in [0.15, 0.2) is 9.84 Å². The Bertz CT molecular complexity index is 545.